The zero-order chi connectivity index (χ0) is 19.3. The summed E-state index contributed by atoms with van der Waals surface area (Å²) >= 11 is 0. The lowest BCUT2D eigenvalue weighted by molar-refractivity contribution is -0.142. The predicted molar refractivity (Wildman–Crippen MR) is 105 cm³/mol. The van der Waals surface area contributed by atoms with Crippen molar-refractivity contribution in [2.75, 3.05) is 39.3 Å². The van der Waals surface area contributed by atoms with Crippen LogP contribution in [0.15, 0.2) is 18.2 Å². The van der Waals surface area contributed by atoms with E-state index in [0.717, 1.165) is 62.1 Å². The molecule has 1 aromatic carbocycles. The summed E-state index contributed by atoms with van der Waals surface area (Å²) in [4.78, 5) is 32.7. The Hall–Kier alpha value is -1.92. The molecule has 0 saturated carbocycles. The quantitative estimate of drug-likeness (QED) is 0.794. The van der Waals surface area contributed by atoms with Crippen LogP contribution in [-0.4, -0.2) is 77.9 Å². The number of benzene rings is 1. The molecule has 2 amide bonds. The van der Waals surface area contributed by atoms with Crippen molar-refractivity contribution in [2.24, 2.45) is 5.92 Å². The highest BCUT2D eigenvalue weighted by molar-refractivity contribution is 5.96. The molecule has 1 aromatic rings. The number of carbonyl (C=O) groups excluding carboxylic acids is 2. The van der Waals surface area contributed by atoms with Crippen LogP contribution in [-0.2, 0) is 22.6 Å². The summed E-state index contributed by atoms with van der Waals surface area (Å²) < 4.78 is 5.54. The third-order valence-corrected chi connectivity index (χ3v) is 7.20. The van der Waals surface area contributed by atoms with Gasteiger partial charge in [-0.1, -0.05) is 19.1 Å². The zero-order valence-corrected chi connectivity index (χ0v) is 16.6. The van der Waals surface area contributed by atoms with E-state index in [9.17, 15) is 9.59 Å². The Labute approximate surface area is 166 Å². The van der Waals surface area contributed by atoms with Gasteiger partial charge in [0, 0.05) is 37.7 Å². The molecule has 4 heterocycles. The molecule has 4 aliphatic heterocycles. The van der Waals surface area contributed by atoms with E-state index in [1.807, 2.05) is 17.0 Å². The third kappa shape index (κ3) is 2.85. The normalized spacial score (nSPS) is 29.4. The van der Waals surface area contributed by atoms with E-state index in [1.165, 1.54) is 0 Å². The molecule has 0 spiro atoms. The highest BCUT2D eigenvalue weighted by atomic mass is 16.5. The lowest BCUT2D eigenvalue weighted by Crippen LogP contribution is -2.58. The highest BCUT2D eigenvalue weighted by Gasteiger charge is 2.47. The maximum Gasteiger partial charge on any atom is 0.254 e. The van der Waals surface area contributed by atoms with E-state index in [4.69, 9.17) is 4.74 Å². The Morgan fingerprint density at radius 2 is 2.07 bits per heavy atom. The smallest absolute Gasteiger partial charge is 0.254 e. The molecule has 1 unspecified atom stereocenters. The first-order valence-corrected chi connectivity index (χ1v) is 10.7. The SMILES string of the molecule is CCN1CCC1C(=O)N1CC[C@@H]2CN(C(=O)c3cccc4c3CCOC4)C[C@@H]21. The summed E-state index contributed by atoms with van der Waals surface area (Å²) in [5, 5.41) is 0. The van der Waals surface area contributed by atoms with Crippen LogP contribution in [0.3, 0.4) is 0 Å². The van der Waals surface area contributed by atoms with Crippen LogP contribution in [0.4, 0.5) is 0 Å². The van der Waals surface area contributed by atoms with Crippen LogP contribution in [0.1, 0.15) is 41.3 Å². The number of hydrogen-bond acceptors (Lipinski definition) is 4. The molecule has 0 aromatic heterocycles. The standard InChI is InChI=1S/C22H29N3O3/c1-2-23-9-7-19(23)22(27)25-10-6-15-12-24(13-20(15)25)21(26)18-5-3-4-16-14-28-11-8-17(16)18/h3-5,15,19-20H,2,6-14H2,1H3/t15-,19?,20+/m1/s1. The Bertz CT molecular complexity index is 793. The fraction of sp³-hybridized carbons (Fsp3) is 0.636. The van der Waals surface area contributed by atoms with E-state index >= 15 is 0 Å². The predicted octanol–water partition coefficient (Wildman–Crippen LogP) is 1.53. The van der Waals surface area contributed by atoms with Crippen molar-refractivity contribution in [2.45, 2.75) is 44.9 Å². The minimum atomic E-state index is 0.0645. The van der Waals surface area contributed by atoms with Gasteiger partial charge in [0.2, 0.25) is 5.91 Å². The van der Waals surface area contributed by atoms with Crippen molar-refractivity contribution in [1.82, 2.24) is 14.7 Å². The second-order valence-corrected chi connectivity index (χ2v) is 8.54. The van der Waals surface area contributed by atoms with E-state index in [-0.39, 0.29) is 23.9 Å². The number of likely N-dealkylation sites (N-methyl/N-ethyl adjacent to an activating group) is 1. The highest BCUT2D eigenvalue weighted by Crippen LogP contribution is 2.35. The van der Waals surface area contributed by atoms with Gasteiger partial charge in [0.25, 0.3) is 5.91 Å². The van der Waals surface area contributed by atoms with Crippen LogP contribution >= 0.6 is 0 Å². The first kappa shape index (κ1) is 18.1. The molecule has 28 heavy (non-hydrogen) atoms. The van der Waals surface area contributed by atoms with Crippen LogP contribution in [0.2, 0.25) is 0 Å². The van der Waals surface area contributed by atoms with Gasteiger partial charge in [-0.3, -0.25) is 14.5 Å². The molecule has 6 nitrogen and oxygen atoms in total. The average Bonchev–Trinajstić information content (AvgIpc) is 3.27. The summed E-state index contributed by atoms with van der Waals surface area (Å²) in [5.74, 6) is 0.828. The molecule has 4 aliphatic rings. The van der Waals surface area contributed by atoms with Crippen molar-refractivity contribution in [1.29, 1.82) is 0 Å². The molecular weight excluding hydrogens is 354 g/mol. The second kappa shape index (κ2) is 7.16. The fourth-order valence-electron chi connectivity index (χ4n) is 5.48. The summed E-state index contributed by atoms with van der Waals surface area (Å²) in [5.41, 5.74) is 3.12. The number of fused-ring (bicyclic) bond motifs is 2. The number of hydrogen-bond donors (Lipinski definition) is 0. The third-order valence-electron chi connectivity index (χ3n) is 7.20. The molecule has 0 bridgehead atoms. The Morgan fingerprint density at radius 1 is 1.18 bits per heavy atom. The Kier molecular flexibility index (Phi) is 4.63. The van der Waals surface area contributed by atoms with Gasteiger partial charge in [0.1, 0.15) is 0 Å². The largest absolute Gasteiger partial charge is 0.376 e. The number of nitrogens with zero attached hydrogens (tertiary/aromatic N) is 3. The molecule has 3 saturated heterocycles. The van der Waals surface area contributed by atoms with Crippen molar-refractivity contribution in [3.05, 3.63) is 34.9 Å². The number of carbonyl (C=O) groups is 2. The van der Waals surface area contributed by atoms with Gasteiger partial charge in [0.05, 0.1) is 25.3 Å². The molecule has 6 heteroatoms. The molecule has 0 radical (unpaired) electrons. The zero-order valence-electron chi connectivity index (χ0n) is 16.6. The van der Waals surface area contributed by atoms with Gasteiger partial charge in [0.15, 0.2) is 0 Å². The molecule has 3 fully saturated rings. The van der Waals surface area contributed by atoms with Crippen molar-refractivity contribution >= 4 is 11.8 Å². The number of likely N-dealkylation sites (tertiary alicyclic amines) is 3. The summed E-state index contributed by atoms with van der Waals surface area (Å²) in [6.45, 7) is 7.66. The van der Waals surface area contributed by atoms with Crippen LogP contribution < -0.4 is 0 Å². The van der Waals surface area contributed by atoms with E-state index in [1.54, 1.807) is 0 Å². The molecule has 0 aliphatic carbocycles. The van der Waals surface area contributed by atoms with E-state index in [0.29, 0.717) is 25.7 Å². The van der Waals surface area contributed by atoms with Crippen LogP contribution in [0.25, 0.3) is 0 Å². The van der Waals surface area contributed by atoms with E-state index in [2.05, 4.69) is 22.8 Å². The Balaban J connectivity index is 1.31. The van der Waals surface area contributed by atoms with Gasteiger partial charge in [-0.15, -0.1) is 0 Å². The lowest BCUT2D eigenvalue weighted by atomic mass is 9.96. The minimum Gasteiger partial charge on any atom is -0.376 e. The van der Waals surface area contributed by atoms with E-state index < -0.39 is 0 Å². The number of ether oxygens (including phenoxy) is 1. The van der Waals surface area contributed by atoms with Crippen LogP contribution in [0.5, 0.6) is 0 Å². The van der Waals surface area contributed by atoms with Gasteiger partial charge in [-0.05, 0) is 43.0 Å². The summed E-state index contributed by atoms with van der Waals surface area (Å²) in [7, 11) is 0. The van der Waals surface area contributed by atoms with Gasteiger partial charge < -0.3 is 14.5 Å². The number of rotatable bonds is 3. The Morgan fingerprint density at radius 3 is 2.86 bits per heavy atom. The average molecular weight is 383 g/mol. The monoisotopic (exact) mass is 383 g/mol. The van der Waals surface area contributed by atoms with Gasteiger partial charge >= 0.3 is 0 Å². The van der Waals surface area contributed by atoms with Crippen molar-refractivity contribution < 1.29 is 14.3 Å². The topological polar surface area (TPSA) is 53.1 Å². The van der Waals surface area contributed by atoms with Crippen LogP contribution in [0, 0.1) is 5.92 Å². The minimum absolute atomic E-state index is 0.0645. The first-order chi connectivity index (χ1) is 13.7. The first-order valence-electron chi connectivity index (χ1n) is 10.7. The van der Waals surface area contributed by atoms with Crippen molar-refractivity contribution in [3.8, 4) is 0 Å². The molecule has 150 valence electrons. The summed E-state index contributed by atoms with van der Waals surface area (Å²) in [6.07, 6.45) is 2.79. The lowest BCUT2D eigenvalue weighted by Gasteiger charge is -2.42. The second-order valence-electron chi connectivity index (χ2n) is 8.54. The van der Waals surface area contributed by atoms with Gasteiger partial charge in [-0.2, -0.15) is 0 Å². The maximum atomic E-state index is 13.3. The molecular formula is C22H29N3O3. The summed E-state index contributed by atoms with van der Waals surface area (Å²) in [6, 6.07) is 6.23. The number of amides is 2. The molecule has 5 rings (SSSR count). The fourth-order valence-corrected chi connectivity index (χ4v) is 5.48. The molecule has 3 atom stereocenters. The van der Waals surface area contributed by atoms with Gasteiger partial charge in [-0.25, -0.2) is 0 Å². The molecule has 0 N–H and O–H groups in total. The van der Waals surface area contributed by atoms with Crippen molar-refractivity contribution in [3.63, 3.8) is 0 Å². The maximum absolute atomic E-state index is 13.3.